The van der Waals surface area contributed by atoms with Crippen molar-refractivity contribution in [1.82, 2.24) is 0 Å². The van der Waals surface area contributed by atoms with Gasteiger partial charge in [0.1, 0.15) is 0 Å². The summed E-state index contributed by atoms with van der Waals surface area (Å²) in [7, 11) is 0. The van der Waals surface area contributed by atoms with E-state index >= 15 is 0 Å². The molecular formula is C17H20. The summed E-state index contributed by atoms with van der Waals surface area (Å²) in [6, 6.07) is 6.92. The number of aryl methyl sites for hydroxylation is 1. The Morgan fingerprint density at radius 1 is 1.18 bits per heavy atom. The summed E-state index contributed by atoms with van der Waals surface area (Å²) in [5.41, 5.74) is 7.74. The molecule has 1 aromatic carbocycles. The standard InChI is InChI=1S/C17H20/c1-12-9-10-14-13-7-5-4-6-8-15(13)17(2,3)16(14)11-12/h5,7,9-11H,4,6,8H2,1-3H3. The van der Waals surface area contributed by atoms with Crippen LogP contribution in [0.1, 0.15) is 49.8 Å². The summed E-state index contributed by atoms with van der Waals surface area (Å²) in [5.74, 6) is 0. The van der Waals surface area contributed by atoms with Gasteiger partial charge in [0.2, 0.25) is 0 Å². The highest BCUT2D eigenvalue weighted by atomic mass is 14.4. The minimum atomic E-state index is 0.228. The first kappa shape index (κ1) is 10.8. The molecule has 0 bridgehead atoms. The smallest absolute Gasteiger partial charge is 0.0120 e. The predicted molar refractivity (Wildman–Crippen MR) is 74.1 cm³/mol. The van der Waals surface area contributed by atoms with Crippen molar-refractivity contribution in [1.29, 1.82) is 0 Å². The van der Waals surface area contributed by atoms with E-state index < -0.39 is 0 Å². The number of hydrogen-bond acceptors (Lipinski definition) is 0. The maximum absolute atomic E-state index is 2.38. The van der Waals surface area contributed by atoms with Gasteiger partial charge in [-0.2, -0.15) is 0 Å². The van der Waals surface area contributed by atoms with Crippen LogP contribution in [0.25, 0.3) is 5.57 Å². The van der Waals surface area contributed by atoms with Crippen molar-refractivity contribution < 1.29 is 0 Å². The summed E-state index contributed by atoms with van der Waals surface area (Å²) in [6.45, 7) is 6.95. The Kier molecular flexibility index (Phi) is 2.29. The Morgan fingerprint density at radius 2 is 2.00 bits per heavy atom. The molecule has 0 aromatic heterocycles. The molecule has 0 amide bonds. The minimum Gasteiger partial charge on any atom is -0.0839 e. The van der Waals surface area contributed by atoms with Crippen molar-refractivity contribution in [3.05, 3.63) is 52.6 Å². The number of hydrogen-bond donors (Lipinski definition) is 0. The second-order valence-electron chi connectivity index (χ2n) is 5.86. The Labute approximate surface area is 104 Å². The van der Waals surface area contributed by atoms with Crippen molar-refractivity contribution in [3.8, 4) is 0 Å². The minimum absolute atomic E-state index is 0.228. The fraction of sp³-hybridized carbons (Fsp3) is 0.412. The first-order valence-electron chi connectivity index (χ1n) is 6.62. The fourth-order valence-electron chi connectivity index (χ4n) is 3.31. The van der Waals surface area contributed by atoms with Gasteiger partial charge in [-0.25, -0.2) is 0 Å². The molecule has 0 nitrogen and oxygen atoms in total. The number of fused-ring (bicyclic) bond motifs is 2. The third-order valence-electron chi connectivity index (χ3n) is 4.30. The Balaban J connectivity index is 2.25. The molecule has 17 heavy (non-hydrogen) atoms. The zero-order chi connectivity index (χ0) is 12.0. The first-order chi connectivity index (χ1) is 8.10. The molecule has 2 aliphatic carbocycles. The normalized spacial score (nSPS) is 21.1. The third kappa shape index (κ3) is 1.50. The Hall–Kier alpha value is -1.30. The molecule has 1 aromatic rings. The molecule has 0 spiro atoms. The largest absolute Gasteiger partial charge is 0.0839 e. The third-order valence-corrected chi connectivity index (χ3v) is 4.30. The maximum atomic E-state index is 2.38. The summed E-state index contributed by atoms with van der Waals surface area (Å²) in [5, 5.41) is 0. The summed E-state index contributed by atoms with van der Waals surface area (Å²) in [6.07, 6.45) is 8.47. The van der Waals surface area contributed by atoms with E-state index in [-0.39, 0.29) is 5.41 Å². The van der Waals surface area contributed by atoms with Gasteiger partial charge >= 0.3 is 0 Å². The van der Waals surface area contributed by atoms with E-state index in [1.807, 2.05) is 0 Å². The number of rotatable bonds is 0. The van der Waals surface area contributed by atoms with Gasteiger partial charge in [-0.1, -0.05) is 55.3 Å². The molecule has 0 heterocycles. The van der Waals surface area contributed by atoms with Crippen LogP contribution in [0.2, 0.25) is 0 Å². The topological polar surface area (TPSA) is 0 Å². The molecule has 0 fully saturated rings. The van der Waals surface area contributed by atoms with Crippen molar-refractivity contribution in [3.63, 3.8) is 0 Å². The van der Waals surface area contributed by atoms with Gasteiger partial charge in [0.25, 0.3) is 0 Å². The van der Waals surface area contributed by atoms with Crippen LogP contribution >= 0.6 is 0 Å². The molecule has 0 atom stereocenters. The van der Waals surface area contributed by atoms with Gasteiger partial charge in [0.15, 0.2) is 0 Å². The van der Waals surface area contributed by atoms with Gasteiger partial charge in [0.05, 0.1) is 0 Å². The lowest BCUT2D eigenvalue weighted by molar-refractivity contribution is 0.598. The molecular weight excluding hydrogens is 204 g/mol. The van der Waals surface area contributed by atoms with Crippen LogP contribution in [0.5, 0.6) is 0 Å². The molecule has 0 aliphatic heterocycles. The Bertz CT molecular complexity index is 527. The van der Waals surface area contributed by atoms with E-state index in [0.717, 1.165) is 0 Å². The lowest BCUT2D eigenvalue weighted by atomic mass is 9.79. The second-order valence-corrected chi connectivity index (χ2v) is 5.86. The van der Waals surface area contributed by atoms with Crippen LogP contribution in [0, 0.1) is 6.92 Å². The highest BCUT2D eigenvalue weighted by molar-refractivity contribution is 5.86. The van der Waals surface area contributed by atoms with E-state index in [2.05, 4.69) is 51.1 Å². The summed E-state index contributed by atoms with van der Waals surface area (Å²) in [4.78, 5) is 0. The zero-order valence-electron chi connectivity index (χ0n) is 11.0. The van der Waals surface area contributed by atoms with Gasteiger partial charge in [-0.3, -0.25) is 0 Å². The van der Waals surface area contributed by atoms with Gasteiger partial charge in [-0.05, 0) is 42.9 Å². The monoisotopic (exact) mass is 224 g/mol. The van der Waals surface area contributed by atoms with E-state index in [4.69, 9.17) is 0 Å². The lowest BCUT2D eigenvalue weighted by Gasteiger charge is -2.25. The number of benzene rings is 1. The SMILES string of the molecule is Cc1ccc2c(c1)C(C)(C)C1=C2C=CCCC1. The zero-order valence-corrected chi connectivity index (χ0v) is 11.0. The van der Waals surface area contributed by atoms with Crippen LogP contribution < -0.4 is 0 Å². The van der Waals surface area contributed by atoms with Gasteiger partial charge < -0.3 is 0 Å². The van der Waals surface area contributed by atoms with E-state index in [9.17, 15) is 0 Å². The second kappa shape index (κ2) is 3.60. The molecule has 2 aliphatic rings. The number of allylic oxidation sites excluding steroid dienone is 4. The molecule has 0 saturated heterocycles. The summed E-state index contributed by atoms with van der Waals surface area (Å²) >= 11 is 0. The van der Waals surface area contributed by atoms with Gasteiger partial charge in [0, 0.05) is 5.41 Å². The first-order valence-corrected chi connectivity index (χ1v) is 6.62. The molecule has 0 radical (unpaired) electrons. The van der Waals surface area contributed by atoms with E-state index in [1.54, 1.807) is 5.57 Å². The summed E-state index contributed by atoms with van der Waals surface area (Å²) < 4.78 is 0. The van der Waals surface area contributed by atoms with Crippen LogP contribution in [0.4, 0.5) is 0 Å². The quantitative estimate of drug-likeness (QED) is 0.595. The van der Waals surface area contributed by atoms with Crippen molar-refractivity contribution in [2.45, 2.75) is 45.4 Å². The highest BCUT2D eigenvalue weighted by Gasteiger charge is 2.36. The van der Waals surface area contributed by atoms with E-state index in [1.165, 1.54) is 41.5 Å². The van der Waals surface area contributed by atoms with Crippen molar-refractivity contribution in [2.75, 3.05) is 0 Å². The van der Waals surface area contributed by atoms with Gasteiger partial charge in [-0.15, -0.1) is 0 Å². The van der Waals surface area contributed by atoms with Crippen LogP contribution in [0.3, 0.4) is 0 Å². The van der Waals surface area contributed by atoms with Crippen LogP contribution in [-0.4, -0.2) is 0 Å². The average molecular weight is 224 g/mol. The molecule has 0 unspecified atom stereocenters. The molecule has 0 N–H and O–H groups in total. The fourth-order valence-corrected chi connectivity index (χ4v) is 3.31. The molecule has 88 valence electrons. The van der Waals surface area contributed by atoms with E-state index in [0.29, 0.717) is 0 Å². The van der Waals surface area contributed by atoms with Crippen molar-refractivity contribution >= 4 is 5.57 Å². The lowest BCUT2D eigenvalue weighted by Crippen LogP contribution is -2.17. The molecule has 0 saturated carbocycles. The highest BCUT2D eigenvalue weighted by Crippen LogP contribution is 2.49. The predicted octanol–water partition coefficient (Wildman–Crippen LogP) is 4.78. The molecule has 0 heteroatoms. The van der Waals surface area contributed by atoms with Crippen LogP contribution in [-0.2, 0) is 5.41 Å². The maximum Gasteiger partial charge on any atom is 0.0120 e. The molecule has 3 rings (SSSR count). The van der Waals surface area contributed by atoms with Crippen molar-refractivity contribution in [2.24, 2.45) is 0 Å². The Morgan fingerprint density at radius 3 is 2.82 bits per heavy atom. The average Bonchev–Trinajstić information content (AvgIpc) is 2.50. The van der Waals surface area contributed by atoms with Crippen LogP contribution in [0.15, 0.2) is 35.9 Å².